The summed E-state index contributed by atoms with van der Waals surface area (Å²) in [6, 6.07) is 0. The Labute approximate surface area is 114 Å². The van der Waals surface area contributed by atoms with Gasteiger partial charge in [-0.15, -0.1) is 0 Å². The summed E-state index contributed by atoms with van der Waals surface area (Å²) in [5, 5.41) is 0. The standard InChI is InChI=1S/C16H33N2/c1-2-3-4-5-6-7-8-9-13-18-14-10-17(11-15-18)12-16-18/h2-16H2,1H3/q+1. The van der Waals surface area contributed by atoms with Crippen LogP contribution in [0.25, 0.3) is 0 Å². The third-order valence-electron chi connectivity index (χ3n) is 5.16. The first-order chi connectivity index (χ1) is 8.85. The molecule has 0 aromatic carbocycles. The molecular weight excluding hydrogens is 220 g/mol. The first-order valence-electron chi connectivity index (χ1n) is 8.42. The van der Waals surface area contributed by atoms with Gasteiger partial charge in [-0.3, -0.25) is 4.90 Å². The van der Waals surface area contributed by atoms with Crippen LogP contribution in [0.3, 0.4) is 0 Å². The predicted molar refractivity (Wildman–Crippen MR) is 78.8 cm³/mol. The van der Waals surface area contributed by atoms with Crippen LogP contribution in [-0.4, -0.2) is 55.2 Å². The van der Waals surface area contributed by atoms with E-state index >= 15 is 0 Å². The molecular formula is C16H33N2+. The van der Waals surface area contributed by atoms with E-state index in [0.717, 1.165) is 0 Å². The van der Waals surface area contributed by atoms with Gasteiger partial charge in [0.15, 0.2) is 0 Å². The van der Waals surface area contributed by atoms with Crippen molar-refractivity contribution in [1.82, 2.24) is 4.90 Å². The minimum absolute atomic E-state index is 1.37. The number of quaternary nitrogens is 1. The van der Waals surface area contributed by atoms with E-state index in [1.54, 1.807) is 0 Å². The van der Waals surface area contributed by atoms with Gasteiger partial charge in [-0.2, -0.15) is 0 Å². The van der Waals surface area contributed by atoms with Crippen LogP contribution in [0.4, 0.5) is 0 Å². The molecule has 0 spiro atoms. The van der Waals surface area contributed by atoms with Crippen molar-refractivity contribution in [1.29, 1.82) is 0 Å². The molecule has 3 rings (SSSR count). The smallest absolute Gasteiger partial charge is 0.0916 e. The molecule has 0 aromatic heterocycles. The Bertz CT molecular complexity index is 205. The molecule has 0 radical (unpaired) electrons. The minimum atomic E-state index is 1.37. The molecule has 3 aliphatic rings. The van der Waals surface area contributed by atoms with Gasteiger partial charge in [-0.1, -0.05) is 45.4 Å². The van der Waals surface area contributed by atoms with Crippen molar-refractivity contribution < 1.29 is 4.48 Å². The van der Waals surface area contributed by atoms with E-state index in [1.165, 1.54) is 102 Å². The van der Waals surface area contributed by atoms with Gasteiger partial charge in [0.1, 0.15) is 0 Å². The van der Waals surface area contributed by atoms with Crippen molar-refractivity contribution in [2.24, 2.45) is 0 Å². The summed E-state index contributed by atoms with van der Waals surface area (Å²) < 4.78 is 1.46. The summed E-state index contributed by atoms with van der Waals surface area (Å²) in [5.74, 6) is 0. The van der Waals surface area contributed by atoms with Crippen LogP contribution in [0, 0.1) is 0 Å². The maximum Gasteiger partial charge on any atom is 0.0916 e. The second-order valence-electron chi connectivity index (χ2n) is 6.55. The summed E-state index contributed by atoms with van der Waals surface area (Å²) in [7, 11) is 0. The highest BCUT2D eigenvalue weighted by molar-refractivity contribution is 4.70. The van der Waals surface area contributed by atoms with Crippen LogP contribution in [0.1, 0.15) is 58.3 Å². The maximum absolute atomic E-state index is 2.65. The van der Waals surface area contributed by atoms with Gasteiger partial charge >= 0.3 is 0 Å². The summed E-state index contributed by atoms with van der Waals surface area (Å²) in [6.45, 7) is 12.2. The molecule has 0 saturated carbocycles. The third-order valence-corrected chi connectivity index (χ3v) is 5.16. The number of nitrogens with zero attached hydrogens (tertiary/aromatic N) is 2. The zero-order chi connectivity index (χ0) is 12.7. The predicted octanol–water partition coefficient (Wildman–Crippen LogP) is 3.27. The van der Waals surface area contributed by atoms with Crippen molar-refractivity contribution in [3.63, 3.8) is 0 Å². The number of hydrogen-bond donors (Lipinski definition) is 0. The van der Waals surface area contributed by atoms with E-state index in [4.69, 9.17) is 0 Å². The molecule has 3 aliphatic heterocycles. The normalized spacial score (nSPS) is 30.8. The van der Waals surface area contributed by atoms with E-state index in [-0.39, 0.29) is 0 Å². The Morgan fingerprint density at radius 3 is 1.78 bits per heavy atom. The van der Waals surface area contributed by atoms with Gasteiger partial charge in [0, 0.05) is 19.6 Å². The van der Waals surface area contributed by atoms with Gasteiger partial charge in [-0.05, 0) is 12.8 Å². The maximum atomic E-state index is 2.65. The molecule has 3 heterocycles. The number of unbranched alkanes of at least 4 members (excludes halogenated alkanes) is 7. The van der Waals surface area contributed by atoms with Crippen LogP contribution in [0.15, 0.2) is 0 Å². The van der Waals surface area contributed by atoms with Crippen molar-refractivity contribution >= 4 is 0 Å². The molecule has 2 bridgehead atoms. The molecule has 3 saturated heterocycles. The molecule has 0 atom stereocenters. The lowest BCUT2D eigenvalue weighted by Crippen LogP contribution is -2.67. The molecule has 0 N–H and O–H groups in total. The average Bonchev–Trinajstić information content (AvgIpc) is 2.44. The monoisotopic (exact) mass is 253 g/mol. The number of rotatable bonds is 9. The third kappa shape index (κ3) is 4.24. The lowest BCUT2D eigenvalue weighted by atomic mass is 10.1. The number of fused-ring (bicyclic) bond motifs is 3. The van der Waals surface area contributed by atoms with E-state index in [9.17, 15) is 0 Å². The van der Waals surface area contributed by atoms with Crippen LogP contribution < -0.4 is 0 Å². The Hall–Kier alpha value is -0.0800. The number of piperazine rings is 3. The minimum Gasteiger partial charge on any atom is -0.320 e. The highest BCUT2D eigenvalue weighted by Gasteiger charge is 2.37. The van der Waals surface area contributed by atoms with E-state index in [0.29, 0.717) is 0 Å². The van der Waals surface area contributed by atoms with Crippen molar-refractivity contribution in [3.8, 4) is 0 Å². The molecule has 2 nitrogen and oxygen atoms in total. The second kappa shape index (κ2) is 7.49. The molecule has 0 aliphatic carbocycles. The molecule has 2 heteroatoms. The van der Waals surface area contributed by atoms with Gasteiger partial charge in [0.2, 0.25) is 0 Å². The van der Waals surface area contributed by atoms with E-state index in [2.05, 4.69) is 11.8 Å². The Morgan fingerprint density at radius 2 is 1.22 bits per heavy atom. The number of hydrogen-bond acceptors (Lipinski definition) is 1. The van der Waals surface area contributed by atoms with Crippen molar-refractivity contribution in [3.05, 3.63) is 0 Å². The lowest BCUT2D eigenvalue weighted by molar-refractivity contribution is -0.941. The molecule has 0 aromatic rings. The summed E-state index contributed by atoms with van der Waals surface area (Å²) >= 11 is 0. The van der Waals surface area contributed by atoms with Gasteiger partial charge in [0.25, 0.3) is 0 Å². The molecule has 18 heavy (non-hydrogen) atoms. The largest absolute Gasteiger partial charge is 0.320 e. The summed E-state index contributed by atoms with van der Waals surface area (Å²) in [5.41, 5.74) is 0. The van der Waals surface area contributed by atoms with Crippen LogP contribution in [-0.2, 0) is 0 Å². The van der Waals surface area contributed by atoms with Gasteiger partial charge in [0.05, 0.1) is 26.2 Å². The van der Waals surface area contributed by atoms with E-state index < -0.39 is 0 Å². The fraction of sp³-hybridized carbons (Fsp3) is 1.00. The molecule has 3 fully saturated rings. The van der Waals surface area contributed by atoms with Crippen LogP contribution >= 0.6 is 0 Å². The van der Waals surface area contributed by atoms with Gasteiger partial charge in [-0.25, -0.2) is 0 Å². The Balaban J connectivity index is 1.48. The summed E-state index contributed by atoms with van der Waals surface area (Å²) in [6.07, 6.45) is 11.7. The Kier molecular flexibility index (Phi) is 5.97. The first kappa shape index (κ1) is 14.3. The molecule has 106 valence electrons. The Morgan fingerprint density at radius 1 is 0.722 bits per heavy atom. The highest BCUT2D eigenvalue weighted by Crippen LogP contribution is 2.21. The van der Waals surface area contributed by atoms with E-state index in [1.807, 2.05) is 0 Å². The van der Waals surface area contributed by atoms with Gasteiger partial charge < -0.3 is 4.48 Å². The van der Waals surface area contributed by atoms with Crippen LogP contribution in [0.2, 0.25) is 0 Å². The molecule has 0 unspecified atom stereocenters. The van der Waals surface area contributed by atoms with Crippen molar-refractivity contribution in [2.45, 2.75) is 58.3 Å². The fourth-order valence-corrected chi connectivity index (χ4v) is 3.65. The highest BCUT2D eigenvalue weighted by atomic mass is 15.4. The SMILES string of the molecule is CCCCCCCCCC[N+]12CCN(CC1)CC2. The molecule has 0 amide bonds. The lowest BCUT2D eigenvalue weighted by Gasteiger charge is -2.50. The topological polar surface area (TPSA) is 3.24 Å². The van der Waals surface area contributed by atoms with Crippen LogP contribution in [0.5, 0.6) is 0 Å². The zero-order valence-corrected chi connectivity index (χ0v) is 12.5. The average molecular weight is 253 g/mol. The fourth-order valence-electron chi connectivity index (χ4n) is 3.65. The van der Waals surface area contributed by atoms with Crippen molar-refractivity contribution in [2.75, 3.05) is 45.8 Å². The quantitative estimate of drug-likeness (QED) is 0.450. The zero-order valence-electron chi connectivity index (χ0n) is 12.5. The second-order valence-corrected chi connectivity index (χ2v) is 6.55. The first-order valence-corrected chi connectivity index (χ1v) is 8.42. The summed E-state index contributed by atoms with van der Waals surface area (Å²) in [4.78, 5) is 2.65.